The Balaban J connectivity index is 0.00000243. The summed E-state index contributed by atoms with van der Waals surface area (Å²) in [6.45, 7) is 3.40. The molecule has 0 aliphatic carbocycles. The zero-order chi connectivity index (χ0) is 17.8. The van der Waals surface area contributed by atoms with Crippen LogP contribution < -0.4 is 21.1 Å². The molecule has 26 heavy (non-hydrogen) atoms. The minimum absolute atomic E-state index is 0. The van der Waals surface area contributed by atoms with E-state index in [0.717, 1.165) is 30.9 Å². The Bertz CT molecular complexity index is 836. The zero-order valence-corrected chi connectivity index (χ0v) is 15.2. The van der Waals surface area contributed by atoms with Gasteiger partial charge in [-0.25, -0.2) is 9.07 Å². The Morgan fingerprint density at radius 2 is 2.00 bits per heavy atom. The Labute approximate surface area is 156 Å². The van der Waals surface area contributed by atoms with Gasteiger partial charge < -0.3 is 15.5 Å². The van der Waals surface area contributed by atoms with Crippen LogP contribution >= 0.6 is 12.4 Å². The second-order valence-corrected chi connectivity index (χ2v) is 5.89. The molecule has 2 aromatic rings. The summed E-state index contributed by atoms with van der Waals surface area (Å²) >= 11 is 0. The quantitative estimate of drug-likeness (QED) is 0.814. The molecule has 1 aliphatic rings. The average Bonchev–Trinajstić information content (AvgIpc) is 2.63. The Kier molecular flexibility index (Phi) is 6.70. The molecule has 0 atom stereocenters. The maximum absolute atomic E-state index is 14.4. The summed E-state index contributed by atoms with van der Waals surface area (Å²) in [5, 5.41) is 9.80. The van der Waals surface area contributed by atoms with E-state index in [0.29, 0.717) is 11.3 Å². The summed E-state index contributed by atoms with van der Waals surface area (Å²) in [4.78, 5) is 25.4. The van der Waals surface area contributed by atoms with E-state index in [1.807, 2.05) is 4.90 Å². The number of hydrogen-bond acceptors (Lipinski definition) is 5. The third-order valence-corrected chi connectivity index (χ3v) is 4.12. The van der Waals surface area contributed by atoms with E-state index in [4.69, 9.17) is 0 Å². The predicted molar refractivity (Wildman–Crippen MR) is 99.4 cm³/mol. The monoisotopic (exact) mass is 381 g/mol. The molecule has 0 radical (unpaired) electrons. The molecular formula is C17H21ClFN5O2. The maximum Gasteiger partial charge on any atom is 0.271 e. The van der Waals surface area contributed by atoms with E-state index in [-0.39, 0.29) is 36.0 Å². The number of halogens is 2. The van der Waals surface area contributed by atoms with Gasteiger partial charge in [-0.1, -0.05) is 6.07 Å². The first kappa shape index (κ1) is 19.9. The first-order chi connectivity index (χ1) is 12.0. The average molecular weight is 382 g/mol. The number of nitrogens with zero attached hydrogens (tertiary/aromatic N) is 3. The molecule has 140 valence electrons. The Hall–Kier alpha value is -2.45. The first-order valence-electron chi connectivity index (χ1n) is 8.11. The maximum atomic E-state index is 14.4. The molecule has 1 saturated heterocycles. The number of carbonyl (C=O) groups excluding carboxylic acids is 1. The van der Waals surface area contributed by atoms with Gasteiger partial charge in [0.15, 0.2) is 0 Å². The molecule has 2 heterocycles. The van der Waals surface area contributed by atoms with Crippen LogP contribution in [0.2, 0.25) is 0 Å². The van der Waals surface area contributed by atoms with Gasteiger partial charge in [-0.3, -0.25) is 9.59 Å². The lowest BCUT2D eigenvalue weighted by Gasteiger charge is -2.29. The van der Waals surface area contributed by atoms with Gasteiger partial charge in [0, 0.05) is 45.8 Å². The first-order valence-corrected chi connectivity index (χ1v) is 8.11. The Morgan fingerprint density at radius 3 is 2.65 bits per heavy atom. The van der Waals surface area contributed by atoms with Crippen LogP contribution in [-0.2, 0) is 13.6 Å². The van der Waals surface area contributed by atoms with Crippen molar-refractivity contribution < 1.29 is 9.18 Å². The fourth-order valence-electron chi connectivity index (χ4n) is 2.72. The molecule has 0 unspecified atom stereocenters. The lowest BCUT2D eigenvalue weighted by Crippen LogP contribution is -2.43. The summed E-state index contributed by atoms with van der Waals surface area (Å²) in [7, 11) is 1.48. The summed E-state index contributed by atoms with van der Waals surface area (Å²) in [6.07, 6.45) is 0. The third-order valence-electron chi connectivity index (χ3n) is 4.12. The van der Waals surface area contributed by atoms with Gasteiger partial charge >= 0.3 is 0 Å². The number of piperazine rings is 1. The predicted octanol–water partition coefficient (Wildman–Crippen LogP) is 0.681. The van der Waals surface area contributed by atoms with E-state index in [2.05, 4.69) is 15.7 Å². The largest absolute Gasteiger partial charge is 0.367 e. The molecule has 1 aromatic carbocycles. The van der Waals surface area contributed by atoms with Crippen LogP contribution in [0.4, 0.5) is 10.1 Å². The van der Waals surface area contributed by atoms with Crippen LogP contribution in [0.25, 0.3) is 0 Å². The van der Waals surface area contributed by atoms with Crippen LogP contribution in [0.1, 0.15) is 16.1 Å². The van der Waals surface area contributed by atoms with Gasteiger partial charge in [-0.15, -0.1) is 12.4 Å². The molecule has 9 heteroatoms. The van der Waals surface area contributed by atoms with Crippen molar-refractivity contribution in [1.82, 2.24) is 20.4 Å². The van der Waals surface area contributed by atoms with E-state index >= 15 is 0 Å². The number of carbonyl (C=O) groups is 1. The van der Waals surface area contributed by atoms with E-state index in [1.165, 1.54) is 25.2 Å². The van der Waals surface area contributed by atoms with Gasteiger partial charge in [0.1, 0.15) is 11.5 Å². The van der Waals surface area contributed by atoms with Gasteiger partial charge in [0.05, 0.1) is 5.69 Å². The van der Waals surface area contributed by atoms with Crippen molar-refractivity contribution >= 4 is 24.0 Å². The molecule has 1 fully saturated rings. The van der Waals surface area contributed by atoms with Crippen LogP contribution in [0.15, 0.2) is 35.1 Å². The molecule has 0 saturated carbocycles. The van der Waals surface area contributed by atoms with Crippen molar-refractivity contribution in [2.24, 2.45) is 7.05 Å². The van der Waals surface area contributed by atoms with Gasteiger partial charge in [0.25, 0.3) is 11.5 Å². The minimum atomic E-state index is -0.415. The number of aromatic nitrogens is 2. The van der Waals surface area contributed by atoms with Crippen LogP contribution in [0.5, 0.6) is 0 Å². The summed E-state index contributed by atoms with van der Waals surface area (Å²) in [5.74, 6) is -0.712. The highest BCUT2D eigenvalue weighted by Gasteiger charge is 2.15. The van der Waals surface area contributed by atoms with Crippen LogP contribution in [-0.4, -0.2) is 41.9 Å². The normalized spacial score (nSPS) is 13.8. The summed E-state index contributed by atoms with van der Waals surface area (Å²) in [6, 6.07) is 7.63. The summed E-state index contributed by atoms with van der Waals surface area (Å²) in [5.41, 5.74) is 1.09. The number of nitrogens with one attached hydrogen (secondary N) is 2. The molecule has 1 amide bonds. The fraction of sp³-hybridized carbons (Fsp3) is 0.353. The standard InChI is InChI=1S/C17H20FN5O2.ClH/c1-22-16(24)5-3-14(21-22)17(25)20-11-12-2-4-15(13(18)10-12)23-8-6-19-7-9-23;/h2-5,10,19H,6-9,11H2,1H3,(H,20,25);1H. The van der Waals surface area contributed by atoms with E-state index in [1.54, 1.807) is 12.1 Å². The van der Waals surface area contributed by atoms with Crippen LogP contribution in [0, 0.1) is 5.82 Å². The molecule has 1 aromatic heterocycles. The highest BCUT2D eigenvalue weighted by atomic mass is 35.5. The molecule has 0 bridgehead atoms. The molecule has 0 spiro atoms. The highest BCUT2D eigenvalue weighted by molar-refractivity contribution is 5.91. The zero-order valence-electron chi connectivity index (χ0n) is 14.4. The van der Waals surface area contributed by atoms with Crippen molar-refractivity contribution in [2.75, 3.05) is 31.1 Å². The van der Waals surface area contributed by atoms with Gasteiger partial charge in [-0.05, 0) is 23.8 Å². The minimum Gasteiger partial charge on any atom is -0.367 e. The molecule has 3 rings (SSSR count). The van der Waals surface area contributed by atoms with Crippen molar-refractivity contribution in [2.45, 2.75) is 6.54 Å². The number of amides is 1. The van der Waals surface area contributed by atoms with Crippen molar-refractivity contribution in [3.63, 3.8) is 0 Å². The lowest BCUT2D eigenvalue weighted by atomic mass is 10.1. The SMILES string of the molecule is Cl.Cn1nc(C(=O)NCc2ccc(N3CCNCC3)c(F)c2)ccc1=O. The topological polar surface area (TPSA) is 79.3 Å². The van der Waals surface area contributed by atoms with Crippen molar-refractivity contribution in [3.8, 4) is 0 Å². The second-order valence-electron chi connectivity index (χ2n) is 5.89. The van der Waals surface area contributed by atoms with E-state index in [9.17, 15) is 14.0 Å². The molecular weight excluding hydrogens is 361 g/mol. The smallest absolute Gasteiger partial charge is 0.271 e. The molecule has 2 N–H and O–H groups in total. The highest BCUT2D eigenvalue weighted by Crippen LogP contribution is 2.21. The molecule has 1 aliphatic heterocycles. The fourth-order valence-corrected chi connectivity index (χ4v) is 2.72. The van der Waals surface area contributed by atoms with Crippen molar-refractivity contribution in [1.29, 1.82) is 0 Å². The second kappa shape index (κ2) is 8.77. The number of aryl methyl sites for hydroxylation is 1. The number of anilines is 1. The van der Waals surface area contributed by atoms with Crippen LogP contribution in [0.3, 0.4) is 0 Å². The van der Waals surface area contributed by atoms with Gasteiger partial charge in [0.2, 0.25) is 0 Å². The summed E-state index contributed by atoms with van der Waals surface area (Å²) < 4.78 is 15.4. The Morgan fingerprint density at radius 1 is 1.27 bits per heavy atom. The number of hydrogen-bond donors (Lipinski definition) is 2. The lowest BCUT2D eigenvalue weighted by molar-refractivity contribution is 0.0943. The number of rotatable bonds is 4. The van der Waals surface area contributed by atoms with Crippen molar-refractivity contribution in [3.05, 3.63) is 57.8 Å². The molecule has 7 nitrogen and oxygen atoms in total. The van der Waals surface area contributed by atoms with Gasteiger partial charge in [-0.2, -0.15) is 5.10 Å². The van der Waals surface area contributed by atoms with E-state index < -0.39 is 5.91 Å². The number of benzene rings is 1. The third kappa shape index (κ3) is 4.59.